The molecule has 23 heavy (non-hydrogen) atoms. The van der Waals surface area contributed by atoms with Crippen molar-refractivity contribution in [3.05, 3.63) is 62.9 Å². The summed E-state index contributed by atoms with van der Waals surface area (Å²) in [5.41, 5.74) is 0.942. The molecule has 0 spiro atoms. The van der Waals surface area contributed by atoms with E-state index in [1.165, 1.54) is 6.07 Å². The van der Waals surface area contributed by atoms with Gasteiger partial charge in [0.2, 0.25) is 0 Å². The summed E-state index contributed by atoms with van der Waals surface area (Å²) in [5.74, 6) is 0.504. The monoisotopic (exact) mass is 328 g/mol. The van der Waals surface area contributed by atoms with Gasteiger partial charge in [-0.05, 0) is 31.0 Å². The molecule has 0 radical (unpaired) electrons. The molecule has 4 nitrogen and oxygen atoms in total. The molecule has 2 aromatic rings. The van der Waals surface area contributed by atoms with E-state index in [0.717, 1.165) is 25.7 Å². The first-order valence-corrected chi connectivity index (χ1v) is 8.36. The van der Waals surface area contributed by atoms with E-state index in [2.05, 4.69) is 5.32 Å². The van der Waals surface area contributed by atoms with E-state index in [1.54, 1.807) is 34.9 Å². The molecule has 1 aromatic carbocycles. The molecule has 2 aliphatic rings. The maximum Gasteiger partial charge on any atom is 0.252 e. The molecule has 2 heterocycles. The third kappa shape index (κ3) is 2.29. The van der Waals surface area contributed by atoms with Crippen LogP contribution < -0.4 is 10.9 Å². The van der Waals surface area contributed by atoms with Crippen LogP contribution in [0, 0.1) is 0 Å². The van der Waals surface area contributed by atoms with Crippen molar-refractivity contribution in [2.24, 2.45) is 0 Å². The summed E-state index contributed by atoms with van der Waals surface area (Å²) in [6, 6.07) is 10.5. The molecule has 1 aliphatic heterocycles. The zero-order valence-electron chi connectivity index (χ0n) is 12.6. The van der Waals surface area contributed by atoms with Crippen molar-refractivity contribution in [2.45, 2.75) is 37.8 Å². The van der Waals surface area contributed by atoms with Crippen LogP contribution in [0.4, 0.5) is 5.82 Å². The Bertz CT molecular complexity index is 843. The molecule has 1 fully saturated rings. The van der Waals surface area contributed by atoms with E-state index in [4.69, 9.17) is 11.6 Å². The summed E-state index contributed by atoms with van der Waals surface area (Å²) in [7, 11) is 0. The van der Waals surface area contributed by atoms with Gasteiger partial charge in [0.15, 0.2) is 5.78 Å². The molecule has 1 saturated carbocycles. The predicted molar refractivity (Wildman–Crippen MR) is 90.5 cm³/mol. The fourth-order valence-corrected chi connectivity index (χ4v) is 3.99. The summed E-state index contributed by atoms with van der Waals surface area (Å²) in [6.07, 6.45) is 4.29. The largest absolute Gasteiger partial charge is 0.366 e. The molecular formula is C18H17ClN2O2. The third-order valence-electron chi connectivity index (χ3n) is 4.87. The topological polar surface area (TPSA) is 51.1 Å². The lowest BCUT2D eigenvalue weighted by molar-refractivity contribution is 0.103. The smallest absolute Gasteiger partial charge is 0.252 e. The van der Waals surface area contributed by atoms with Gasteiger partial charge in [-0.2, -0.15) is 0 Å². The lowest BCUT2D eigenvalue weighted by atomic mass is 9.91. The van der Waals surface area contributed by atoms with E-state index < -0.39 is 0 Å². The second-order valence-corrected chi connectivity index (χ2v) is 6.62. The number of nitrogens with zero attached hydrogens (tertiary/aromatic N) is 1. The summed E-state index contributed by atoms with van der Waals surface area (Å²) in [5, 5.41) is 3.84. The van der Waals surface area contributed by atoms with Crippen molar-refractivity contribution in [3.63, 3.8) is 0 Å². The molecule has 0 bridgehead atoms. The normalized spacial score (nSPS) is 22.1. The Morgan fingerprint density at radius 1 is 1.09 bits per heavy atom. The van der Waals surface area contributed by atoms with Crippen molar-refractivity contribution < 1.29 is 4.79 Å². The molecule has 0 saturated heterocycles. The highest BCUT2D eigenvalue weighted by atomic mass is 35.5. The predicted octanol–water partition coefficient (Wildman–Crippen LogP) is 3.64. The quantitative estimate of drug-likeness (QED) is 0.856. The molecule has 1 aromatic heterocycles. The van der Waals surface area contributed by atoms with E-state index in [-0.39, 0.29) is 23.4 Å². The van der Waals surface area contributed by atoms with Gasteiger partial charge in [-0.15, -0.1) is 0 Å². The molecule has 4 rings (SSSR count). The Hall–Kier alpha value is -2.07. The van der Waals surface area contributed by atoms with Crippen molar-refractivity contribution in [2.75, 3.05) is 5.32 Å². The Labute approximate surface area is 139 Å². The molecule has 118 valence electrons. The number of hydrogen-bond acceptors (Lipinski definition) is 3. The molecular weight excluding hydrogens is 312 g/mol. The van der Waals surface area contributed by atoms with Crippen molar-refractivity contribution >= 4 is 23.2 Å². The number of ketones is 1. The van der Waals surface area contributed by atoms with Crippen LogP contribution in [0.25, 0.3) is 0 Å². The highest BCUT2D eigenvalue weighted by molar-refractivity contribution is 6.35. The van der Waals surface area contributed by atoms with Crippen LogP contribution in [0.3, 0.4) is 0 Å². The number of benzene rings is 1. The van der Waals surface area contributed by atoms with Crippen LogP contribution >= 0.6 is 11.6 Å². The molecule has 1 N–H and O–H groups in total. The second kappa shape index (κ2) is 5.53. The van der Waals surface area contributed by atoms with Gasteiger partial charge in [0.1, 0.15) is 5.82 Å². The van der Waals surface area contributed by atoms with Gasteiger partial charge >= 0.3 is 0 Å². The van der Waals surface area contributed by atoms with Crippen molar-refractivity contribution in [1.29, 1.82) is 0 Å². The summed E-state index contributed by atoms with van der Waals surface area (Å²) in [4.78, 5) is 25.2. The van der Waals surface area contributed by atoms with E-state index in [0.29, 0.717) is 22.0 Å². The zero-order chi connectivity index (χ0) is 16.0. The Morgan fingerprint density at radius 2 is 1.87 bits per heavy atom. The number of hydrogen-bond donors (Lipinski definition) is 1. The highest BCUT2D eigenvalue weighted by Gasteiger charge is 2.36. The van der Waals surface area contributed by atoms with Crippen LogP contribution in [0.1, 0.15) is 47.6 Å². The fourth-order valence-electron chi connectivity index (χ4n) is 3.77. The summed E-state index contributed by atoms with van der Waals surface area (Å²) < 4.78 is 1.77. The van der Waals surface area contributed by atoms with Crippen LogP contribution in [0.2, 0.25) is 5.02 Å². The SMILES string of the molecule is O=C(c1ccccc1Cl)c1ccc(=O)n2c1N[C@@H]1CCCC[C@H]12. The zero-order valence-corrected chi connectivity index (χ0v) is 13.3. The average Bonchev–Trinajstić information content (AvgIpc) is 2.95. The van der Waals surface area contributed by atoms with Gasteiger partial charge in [-0.1, -0.05) is 36.6 Å². The first-order chi connectivity index (χ1) is 11.2. The highest BCUT2D eigenvalue weighted by Crippen LogP contribution is 2.39. The Balaban J connectivity index is 1.83. The number of fused-ring (bicyclic) bond motifs is 3. The van der Waals surface area contributed by atoms with Crippen LogP contribution in [0.15, 0.2) is 41.2 Å². The minimum atomic E-state index is -0.148. The average molecular weight is 329 g/mol. The maximum absolute atomic E-state index is 12.9. The minimum Gasteiger partial charge on any atom is -0.366 e. The van der Waals surface area contributed by atoms with Gasteiger partial charge in [0.05, 0.1) is 16.6 Å². The standard InChI is InChI=1S/C18H17ClN2O2/c19-13-6-2-1-5-11(13)17(23)12-9-10-16(22)21-15-8-4-3-7-14(15)20-18(12)21/h1-2,5-6,9-10,14-15,20H,3-4,7-8H2/t14-,15-/m1/s1. The van der Waals surface area contributed by atoms with Crippen LogP contribution in [-0.4, -0.2) is 16.4 Å². The van der Waals surface area contributed by atoms with Gasteiger partial charge < -0.3 is 5.32 Å². The van der Waals surface area contributed by atoms with E-state index >= 15 is 0 Å². The lowest BCUT2D eigenvalue weighted by Crippen LogP contribution is -2.29. The van der Waals surface area contributed by atoms with Crippen molar-refractivity contribution in [3.8, 4) is 0 Å². The van der Waals surface area contributed by atoms with Gasteiger partial charge in [-0.25, -0.2) is 0 Å². The number of rotatable bonds is 2. The molecule has 1 aliphatic carbocycles. The van der Waals surface area contributed by atoms with E-state index in [9.17, 15) is 9.59 Å². The maximum atomic E-state index is 12.9. The third-order valence-corrected chi connectivity index (χ3v) is 5.20. The molecule has 2 atom stereocenters. The lowest BCUT2D eigenvalue weighted by Gasteiger charge is -2.25. The van der Waals surface area contributed by atoms with E-state index in [1.807, 2.05) is 0 Å². The summed E-state index contributed by atoms with van der Waals surface area (Å²) in [6.45, 7) is 0. The van der Waals surface area contributed by atoms with Gasteiger partial charge in [-0.3, -0.25) is 14.2 Å². The Morgan fingerprint density at radius 3 is 2.70 bits per heavy atom. The second-order valence-electron chi connectivity index (χ2n) is 6.22. The Kier molecular flexibility index (Phi) is 3.49. The van der Waals surface area contributed by atoms with Gasteiger partial charge in [0.25, 0.3) is 5.56 Å². The van der Waals surface area contributed by atoms with Crippen molar-refractivity contribution in [1.82, 2.24) is 4.57 Å². The number of pyridine rings is 1. The first kappa shape index (κ1) is 14.5. The number of nitrogens with one attached hydrogen (secondary N) is 1. The number of carbonyl (C=O) groups excluding carboxylic acids is 1. The fraction of sp³-hybridized carbons (Fsp3) is 0.333. The number of aromatic nitrogens is 1. The first-order valence-electron chi connectivity index (χ1n) is 7.98. The number of halogens is 1. The molecule has 0 unspecified atom stereocenters. The van der Waals surface area contributed by atoms with Gasteiger partial charge in [0, 0.05) is 17.7 Å². The van der Waals surface area contributed by atoms with Crippen LogP contribution in [-0.2, 0) is 0 Å². The molecule has 0 amide bonds. The number of carbonyl (C=O) groups is 1. The molecule has 5 heteroatoms. The number of anilines is 1. The minimum absolute atomic E-state index is 0.0439. The summed E-state index contributed by atoms with van der Waals surface area (Å²) >= 11 is 6.16. The van der Waals surface area contributed by atoms with Crippen LogP contribution in [0.5, 0.6) is 0 Å².